The molecule has 0 aliphatic carbocycles. The Bertz CT molecular complexity index is 440. The second-order valence-corrected chi connectivity index (χ2v) is 5.69. The van der Waals surface area contributed by atoms with Crippen LogP contribution >= 0.6 is 11.8 Å². The average molecular weight is 270 g/mol. The smallest absolute Gasteiger partial charge is 0.161 e. The Labute approximate surface area is 110 Å². The lowest BCUT2D eigenvalue weighted by Gasteiger charge is -2.23. The molecule has 2 rings (SSSR count). The van der Waals surface area contributed by atoms with E-state index in [0.29, 0.717) is 11.1 Å². The van der Waals surface area contributed by atoms with Crippen molar-refractivity contribution in [2.45, 2.75) is 26.3 Å². The second-order valence-electron chi connectivity index (χ2n) is 4.60. The number of nitrogens with one attached hydrogen (secondary N) is 1. The highest BCUT2D eigenvalue weighted by Gasteiger charge is 2.20. The summed E-state index contributed by atoms with van der Waals surface area (Å²) in [6.07, 6.45) is 1.01. The lowest BCUT2D eigenvalue weighted by Crippen LogP contribution is -2.24. The molecule has 0 fully saturated rings. The highest BCUT2D eigenvalue weighted by Crippen LogP contribution is 2.25. The topological polar surface area (TPSA) is 24.4 Å². The highest BCUT2D eigenvalue weighted by atomic mass is 32.2. The molecule has 98 valence electrons. The third-order valence-corrected chi connectivity index (χ3v) is 3.82. The van der Waals surface area contributed by atoms with Crippen molar-refractivity contribution in [2.75, 3.05) is 11.1 Å². The Hall–Kier alpha value is -1.10. The summed E-state index contributed by atoms with van der Waals surface area (Å²) in [5.41, 5.74) is -0.117. The molecule has 1 heterocycles. The lowest BCUT2D eigenvalue weighted by molar-refractivity contribution is 0.485. The minimum atomic E-state index is -0.593. The summed E-state index contributed by atoms with van der Waals surface area (Å²) < 4.78 is 27.0. The maximum atomic E-state index is 13.5. The van der Waals surface area contributed by atoms with E-state index in [2.05, 4.69) is 24.2 Å². The van der Waals surface area contributed by atoms with Gasteiger partial charge in [-0.1, -0.05) is 31.7 Å². The number of halogens is 2. The predicted octanol–water partition coefficient (Wildman–Crippen LogP) is 3.89. The molecule has 1 N–H and O–H groups in total. The van der Waals surface area contributed by atoms with Gasteiger partial charge in [0.1, 0.15) is 17.3 Å². The molecule has 1 unspecified atom stereocenters. The van der Waals surface area contributed by atoms with Gasteiger partial charge in [0, 0.05) is 5.75 Å². The highest BCUT2D eigenvalue weighted by molar-refractivity contribution is 8.14. The Morgan fingerprint density at radius 1 is 1.33 bits per heavy atom. The van der Waals surface area contributed by atoms with Gasteiger partial charge in [-0.15, -0.1) is 0 Å². The first-order chi connectivity index (χ1) is 8.58. The van der Waals surface area contributed by atoms with Gasteiger partial charge in [-0.25, -0.2) is 8.78 Å². The summed E-state index contributed by atoms with van der Waals surface area (Å²) in [6.45, 7) is 4.21. The van der Waals surface area contributed by atoms with E-state index in [1.165, 1.54) is 30.0 Å². The number of benzene rings is 1. The first-order valence-corrected chi connectivity index (χ1v) is 6.98. The van der Waals surface area contributed by atoms with Crippen LogP contribution in [-0.4, -0.2) is 17.0 Å². The molecule has 0 spiro atoms. The minimum absolute atomic E-state index is 0.117. The van der Waals surface area contributed by atoms with Crippen LogP contribution < -0.4 is 5.32 Å². The Kier molecular flexibility index (Phi) is 4.22. The van der Waals surface area contributed by atoms with Gasteiger partial charge >= 0.3 is 0 Å². The van der Waals surface area contributed by atoms with Gasteiger partial charge in [0.15, 0.2) is 5.17 Å². The van der Waals surface area contributed by atoms with Crippen LogP contribution in [0, 0.1) is 17.6 Å². The molecule has 0 bridgehead atoms. The number of amidine groups is 1. The Morgan fingerprint density at radius 2 is 2.00 bits per heavy atom. The predicted molar refractivity (Wildman–Crippen MR) is 73.1 cm³/mol. The maximum absolute atomic E-state index is 13.5. The normalized spacial score (nSPS) is 19.8. The van der Waals surface area contributed by atoms with Crippen molar-refractivity contribution >= 4 is 22.6 Å². The molecule has 18 heavy (non-hydrogen) atoms. The lowest BCUT2D eigenvalue weighted by atomic mass is 10.0. The number of aliphatic imine (C=N–C) groups is 1. The van der Waals surface area contributed by atoms with Gasteiger partial charge in [0.2, 0.25) is 0 Å². The minimum Gasteiger partial charge on any atom is -0.330 e. The van der Waals surface area contributed by atoms with Crippen LogP contribution in [0.15, 0.2) is 23.2 Å². The zero-order valence-electron chi connectivity index (χ0n) is 10.4. The van der Waals surface area contributed by atoms with Crippen LogP contribution in [-0.2, 0) is 0 Å². The number of hydrogen-bond donors (Lipinski definition) is 1. The fourth-order valence-electron chi connectivity index (χ4n) is 1.80. The number of para-hydroxylation sites is 1. The molecule has 1 aromatic rings. The third kappa shape index (κ3) is 3.02. The number of thioether (sulfide) groups is 1. The molecule has 1 atom stereocenters. The molecule has 2 nitrogen and oxygen atoms in total. The molecule has 1 aromatic carbocycles. The summed E-state index contributed by atoms with van der Waals surface area (Å²) >= 11 is 1.50. The molecule has 1 aliphatic rings. The zero-order chi connectivity index (χ0) is 13.1. The van der Waals surface area contributed by atoms with E-state index in [1.54, 1.807) is 0 Å². The number of anilines is 1. The third-order valence-electron chi connectivity index (χ3n) is 2.90. The molecule has 0 saturated heterocycles. The van der Waals surface area contributed by atoms with Gasteiger partial charge in [-0.05, 0) is 24.5 Å². The van der Waals surface area contributed by atoms with E-state index >= 15 is 0 Å². The van der Waals surface area contributed by atoms with E-state index in [1.807, 2.05) is 0 Å². The van der Waals surface area contributed by atoms with Crippen molar-refractivity contribution in [3.05, 3.63) is 29.8 Å². The van der Waals surface area contributed by atoms with Crippen LogP contribution in [0.2, 0.25) is 0 Å². The molecule has 0 radical (unpaired) electrons. The van der Waals surface area contributed by atoms with Crippen molar-refractivity contribution in [1.82, 2.24) is 0 Å². The molecule has 5 heteroatoms. The fraction of sp³-hybridized carbons (Fsp3) is 0.462. The van der Waals surface area contributed by atoms with Crippen molar-refractivity contribution in [2.24, 2.45) is 10.9 Å². The van der Waals surface area contributed by atoms with E-state index in [0.717, 1.165) is 12.2 Å². The van der Waals surface area contributed by atoms with E-state index in [-0.39, 0.29) is 11.7 Å². The number of rotatable bonds is 2. The van der Waals surface area contributed by atoms with E-state index in [4.69, 9.17) is 0 Å². The summed E-state index contributed by atoms with van der Waals surface area (Å²) in [5, 5.41) is 3.37. The van der Waals surface area contributed by atoms with Crippen molar-refractivity contribution < 1.29 is 8.78 Å². The molecule has 0 aromatic heterocycles. The summed E-state index contributed by atoms with van der Waals surface area (Å²) in [6, 6.07) is 4.05. The Balaban J connectivity index is 2.18. The van der Waals surface area contributed by atoms with Crippen molar-refractivity contribution in [3.8, 4) is 0 Å². The van der Waals surface area contributed by atoms with E-state index in [9.17, 15) is 8.78 Å². The quantitative estimate of drug-likeness (QED) is 0.881. The SMILES string of the molecule is CC(C)C1CCSC(Nc2c(F)cccc2F)=N1. The molecule has 0 amide bonds. The van der Waals surface area contributed by atoms with E-state index < -0.39 is 11.6 Å². The second kappa shape index (κ2) is 5.69. The van der Waals surface area contributed by atoms with Crippen LogP contribution in [0.25, 0.3) is 0 Å². The maximum Gasteiger partial charge on any atom is 0.161 e. The van der Waals surface area contributed by atoms with Gasteiger partial charge < -0.3 is 5.32 Å². The first-order valence-electron chi connectivity index (χ1n) is 5.99. The first kappa shape index (κ1) is 13.3. The zero-order valence-corrected chi connectivity index (χ0v) is 11.2. The van der Waals surface area contributed by atoms with Gasteiger partial charge in [0.25, 0.3) is 0 Å². The molecule has 1 aliphatic heterocycles. The van der Waals surface area contributed by atoms with Crippen LogP contribution in [0.3, 0.4) is 0 Å². The fourth-order valence-corrected chi connectivity index (χ4v) is 2.74. The van der Waals surface area contributed by atoms with Crippen LogP contribution in [0.5, 0.6) is 0 Å². The summed E-state index contributed by atoms with van der Waals surface area (Å²) in [4.78, 5) is 4.49. The van der Waals surface area contributed by atoms with Gasteiger partial charge in [-0.3, -0.25) is 4.99 Å². The van der Waals surface area contributed by atoms with Crippen molar-refractivity contribution in [1.29, 1.82) is 0 Å². The van der Waals surface area contributed by atoms with Crippen LogP contribution in [0.1, 0.15) is 20.3 Å². The number of hydrogen-bond acceptors (Lipinski definition) is 3. The molecule has 0 saturated carbocycles. The Morgan fingerprint density at radius 3 is 2.61 bits per heavy atom. The summed E-state index contributed by atoms with van der Waals surface area (Å²) in [7, 11) is 0. The number of nitrogens with zero attached hydrogens (tertiary/aromatic N) is 1. The standard InChI is InChI=1S/C13H16F2N2S/c1-8(2)11-6-7-18-13(16-11)17-12-9(14)4-3-5-10(12)15/h3-5,8,11H,6-7H2,1-2H3,(H,16,17). The average Bonchev–Trinajstić information content (AvgIpc) is 2.34. The monoisotopic (exact) mass is 270 g/mol. The van der Waals surface area contributed by atoms with Gasteiger partial charge in [0.05, 0.1) is 6.04 Å². The summed E-state index contributed by atoms with van der Waals surface area (Å²) in [5.74, 6) is 0.174. The molecular weight excluding hydrogens is 254 g/mol. The van der Waals surface area contributed by atoms with Crippen LogP contribution in [0.4, 0.5) is 14.5 Å². The molecular formula is C13H16F2N2S. The largest absolute Gasteiger partial charge is 0.330 e. The van der Waals surface area contributed by atoms with Crippen molar-refractivity contribution in [3.63, 3.8) is 0 Å². The van der Waals surface area contributed by atoms with Gasteiger partial charge in [-0.2, -0.15) is 0 Å².